The van der Waals surface area contributed by atoms with Crippen molar-refractivity contribution in [2.45, 2.75) is 39.2 Å². The second kappa shape index (κ2) is 8.92. The van der Waals surface area contributed by atoms with Crippen LogP contribution in [0.15, 0.2) is 24.3 Å². The average Bonchev–Trinajstić information content (AvgIpc) is 2.61. The Labute approximate surface area is 145 Å². The molecule has 24 heavy (non-hydrogen) atoms. The Kier molecular flexibility index (Phi) is 6.91. The highest BCUT2D eigenvalue weighted by molar-refractivity contribution is 5.74. The molecule has 0 unspecified atom stereocenters. The van der Waals surface area contributed by atoms with Gasteiger partial charge in [-0.3, -0.25) is 0 Å². The zero-order chi connectivity index (χ0) is 17.5. The Morgan fingerprint density at radius 1 is 1.42 bits per heavy atom. The summed E-state index contributed by atoms with van der Waals surface area (Å²) in [5.41, 5.74) is 1.10. The SMILES string of the molecule is COc1ccccc1C[C@H](NC(=O)N1CCC[C@H](CO)C1)C(C)C. The number of rotatable bonds is 6. The smallest absolute Gasteiger partial charge is 0.317 e. The van der Waals surface area contributed by atoms with Crippen LogP contribution in [0.1, 0.15) is 32.3 Å². The number of piperidine rings is 1. The van der Waals surface area contributed by atoms with Gasteiger partial charge in [0.1, 0.15) is 5.75 Å². The van der Waals surface area contributed by atoms with Gasteiger partial charge >= 0.3 is 6.03 Å². The predicted molar refractivity (Wildman–Crippen MR) is 95.2 cm³/mol. The van der Waals surface area contributed by atoms with E-state index in [4.69, 9.17) is 4.74 Å². The number of urea groups is 1. The molecular weight excluding hydrogens is 304 g/mol. The molecule has 0 aromatic heterocycles. The number of carbonyl (C=O) groups is 1. The molecule has 2 amide bonds. The van der Waals surface area contributed by atoms with Gasteiger partial charge in [0.2, 0.25) is 0 Å². The molecule has 0 radical (unpaired) electrons. The Hall–Kier alpha value is -1.75. The molecule has 5 nitrogen and oxygen atoms in total. The van der Waals surface area contributed by atoms with E-state index in [2.05, 4.69) is 19.2 Å². The first-order valence-electron chi connectivity index (χ1n) is 8.83. The van der Waals surface area contributed by atoms with Crippen molar-refractivity contribution in [1.82, 2.24) is 10.2 Å². The van der Waals surface area contributed by atoms with Crippen LogP contribution in [0.25, 0.3) is 0 Å². The number of hydrogen-bond acceptors (Lipinski definition) is 3. The minimum Gasteiger partial charge on any atom is -0.496 e. The molecule has 1 saturated heterocycles. The number of hydrogen-bond donors (Lipinski definition) is 2. The number of amides is 2. The third-order valence-electron chi connectivity index (χ3n) is 4.81. The van der Waals surface area contributed by atoms with E-state index in [1.54, 1.807) is 7.11 Å². The van der Waals surface area contributed by atoms with Crippen molar-refractivity contribution >= 4 is 6.03 Å². The molecule has 5 heteroatoms. The number of ether oxygens (including phenoxy) is 1. The van der Waals surface area contributed by atoms with Gasteiger partial charge in [-0.15, -0.1) is 0 Å². The molecule has 0 saturated carbocycles. The van der Waals surface area contributed by atoms with Gasteiger partial charge in [-0.1, -0.05) is 32.0 Å². The van der Waals surface area contributed by atoms with Gasteiger partial charge in [0, 0.05) is 25.7 Å². The molecule has 1 aromatic carbocycles. The lowest BCUT2D eigenvalue weighted by Crippen LogP contribution is -2.51. The van der Waals surface area contributed by atoms with Crippen LogP contribution in [0.4, 0.5) is 4.79 Å². The van der Waals surface area contributed by atoms with E-state index < -0.39 is 0 Å². The maximum absolute atomic E-state index is 12.6. The van der Waals surface area contributed by atoms with E-state index in [0.29, 0.717) is 12.5 Å². The van der Waals surface area contributed by atoms with Crippen molar-refractivity contribution in [3.8, 4) is 5.75 Å². The molecule has 0 bridgehead atoms. The summed E-state index contributed by atoms with van der Waals surface area (Å²) in [5, 5.41) is 12.5. The second-order valence-corrected chi connectivity index (χ2v) is 6.95. The minimum atomic E-state index is -0.0262. The molecule has 1 fully saturated rings. The largest absolute Gasteiger partial charge is 0.496 e. The van der Waals surface area contributed by atoms with Gasteiger partial charge < -0.3 is 20.1 Å². The summed E-state index contributed by atoms with van der Waals surface area (Å²) in [6, 6.07) is 7.96. The van der Waals surface area contributed by atoms with Crippen LogP contribution >= 0.6 is 0 Å². The predicted octanol–water partition coefficient (Wildman–Crippen LogP) is 2.68. The van der Waals surface area contributed by atoms with E-state index in [-0.39, 0.29) is 24.6 Å². The Morgan fingerprint density at radius 2 is 2.17 bits per heavy atom. The number of aliphatic hydroxyl groups excluding tert-OH is 1. The summed E-state index contributed by atoms with van der Waals surface area (Å²) in [6.45, 7) is 5.79. The summed E-state index contributed by atoms with van der Waals surface area (Å²) >= 11 is 0. The first-order valence-corrected chi connectivity index (χ1v) is 8.83. The molecular formula is C19H30N2O3. The zero-order valence-corrected chi connectivity index (χ0v) is 15.0. The fraction of sp³-hybridized carbons (Fsp3) is 0.632. The fourth-order valence-electron chi connectivity index (χ4n) is 3.21. The summed E-state index contributed by atoms with van der Waals surface area (Å²) in [5.74, 6) is 1.38. The number of para-hydroxylation sites is 1. The number of aliphatic hydroxyl groups is 1. The van der Waals surface area contributed by atoms with Crippen LogP contribution in [-0.4, -0.2) is 48.9 Å². The summed E-state index contributed by atoms with van der Waals surface area (Å²) in [4.78, 5) is 14.5. The lowest BCUT2D eigenvalue weighted by Gasteiger charge is -2.34. The van der Waals surface area contributed by atoms with Gasteiger partial charge in [0.15, 0.2) is 0 Å². The molecule has 2 N–H and O–H groups in total. The number of carbonyl (C=O) groups excluding carboxylic acids is 1. The van der Waals surface area contributed by atoms with Crippen LogP contribution < -0.4 is 10.1 Å². The van der Waals surface area contributed by atoms with Crippen molar-refractivity contribution in [2.75, 3.05) is 26.8 Å². The van der Waals surface area contributed by atoms with E-state index in [0.717, 1.165) is 37.1 Å². The molecule has 134 valence electrons. The number of benzene rings is 1. The van der Waals surface area contributed by atoms with Crippen LogP contribution in [0.2, 0.25) is 0 Å². The summed E-state index contributed by atoms with van der Waals surface area (Å²) in [6.07, 6.45) is 2.69. The first kappa shape index (κ1) is 18.6. The van der Waals surface area contributed by atoms with Crippen molar-refractivity contribution in [1.29, 1.82) is 0 Å². The van der Waals surface area contributed by atoms with Crippen molar-refractivity contribution in [3.05, 3.63) is 29.8 Å². The highest BCUT2D eigenvalue weighted by atomic mass is 16.5. The topological polar surface area (TPSA) is 61.8 Å². The summed E-state index contributed by atoms with van der Waals surface area (Å²) < 4.78 is 5.42. The zero-order valence-electron chi connectivity index (χ0n) is 15.0. The van der Waals surface area contributed by atoms with E-state index in [1.807, 2.05) is 29.2 Å². The van der Waals surface area contributed by atoms with Gasteiger partial charge in [-0.2, -0.15) is 0 Å². The molecule has 0 spiro atoms. The molecule has 1 heterocycles. The fourth-order valence-corrected chi connectivity index (χ4v) is 3.21. The van der Waals surface area contributed by atoms with Crippen molar-refractivity contribution in [3.63, 3.8) is 0 Å². The maximum Gasteiger partial charge on any atom is 0.317 e. The number of nitrogens with one attached hydrogen (secondary N) is 1. The van der Waals surface area contributed by atoms with Crippen LogP contribution in [-0.2, 0) is 6.42 Å². The van der Waals surface area contributed by atoms with Gasteiger partial charge in [-0.05, 0) is 42.7 Å². The molecule has 2 rings (SSSR count). The highest BCUT2D eigenvalue weighted by Crippen LogP contribution is 2.22. The summed E-state index contributed by atoms with van der Waals surface area (Å²) in [7, 11) is 1.67. The van der Waals surface area contributed by atoms with Crippen molar-refractivity contribution in [2.24, 2.45) is 11.8 Å². The van der Waals surface area contributed by atoms with Crippen molar-refractivity contribution < 1.29 is 14.6 Å². The number of nitrogens with zero attached hydrogens (tertiary/aromatic N) is 1. The van der Waals surface area contributed by atoms with Crippen LogP contribution in [0, 0.1) is 11.8 Å². The minimum absolute atomic E-state index is 0.0262. The number of methoxy groups -OCH3 is 1. The van der Waals surface area contributed by atoms with Crippen LogP contribution in [0.3, 0.4) is 0 Å². The Morgan fingerprint density at radius 3 is 2.83 bits per heavy atom. The van der Waals surface area contributed by atoms with Gasteiger partial charge in [0.25, 0.3) is 0 Å². The highest BCUT2D eigenvalue weighted by Gasteiger charge is 2.26. The lowest BCUT2D eigenvalue weighted by molar-refractivity contribution is 0.126. The Balaban J connectivity index is 2.01. The van der Waals surface area contributed by atoms with E-state index >= 15 is 0 Å². The molecule has 1 aliphatic rings. The maximum atomic E-state index is 12.6. The van der Waals surface area contributed by atoms with E-state index in [9.17, 15) is 9.90 Å². The van der Waals surface area contributed by atoms with E-state index in [1.165, 1.54) is 0 Å². The molecule has 1 aromatic rings. The quantitative estimate of drug-likeness (QED) is 0.841. The third-order valence-corrected chi connectivity index (χ3v) is 4.81. The number of likely N-dealkylation sites (tertiary alicyclic amines) is 1. The first-order chi connectivity index (χ1) is 11.5. The lowest BCUT2D eigenvalue weighted by atomic mass is 9.95. The van der Waals surface area contributed by atoms with Gasteiger partial charge in [0.05, 0.1) is 7.11 Å². The Bertz CT molecular complexity index is 533. The standard InChI is InChI=1S/C19H30N2O3/c1-14(2)17(11-16-8-4-5-9-18(16)24-3)20-19(23)21-10-6-7-15(12-21)13-22/h4-5,8-9,14-15,17,22H,6-7,10-13H2,1-3H3,(H,20,23)/t15-,17-/m0/s1. The molecule has 0 aliphatic carbocycles. The molecule has 1 aliphatic heterocycles. The normalized spacial score (nSPS) is 19.2. The average molecular weight is 334 g/mol. The second-order valence-electron chi connectivity index (χ2n) is 6.95. The molecule has 2 atom stereocenters. The van der Waals surface area contributed by atoms with Gasteiger partial charge in [-0.25, -0.2) is 4.79 Å². The monoisotopic (exact) mass is 334 g/mol. The van der Waals surface area contributed by atoms with Crippen LogP contribution in [0.5, 0.6) is 5.75 Å². The third kappa shape index (κ3) is 4.87.